The van der Waals surface area contributed by atoms with E-state index in [4.69, 9.17) is 0 Å². The fourth-order valence-corrected chi connectivity index (χ4v) is 2.44. The highest BCUT2D eigenvalue weighted by atomic mass is 19.4. The van der Waals surface area contributed by atoms with Gasteiger partial charge >= 0.3 is 6.18 Å². The fraction of sp³-hybridized carbons (Fsp3) is 0.0500. The van der Waals surface area contributed by atoms with E-state index in [0.29, 0.717) is 11.3 Å². The summed E-state index contributed by atoms with van der Waals surface area (Å²) in [6.07, 6.45) is -4.46. The van der Waals surface area contributed by atoms with Gasteiger partial charge in [0.25, 0.3) is 5.91 Å². The van der Waals surface area contributed by atoms with Crippen LogP contribution in [0, 0.1) is 0 Å². The number of rotatable bonds is 4. The van der Waals surface area contributed by atoms with E-state index in [1.165, 1.54) is 12.1 Å². The number of carbonyl (C=O) groups is 1. The van der Waals surface area contributed by atoms with Gasteiger partial charge in [0.1, 0.15) is 0 Å². The Labute approximate surface area is 148 Å². The van der Waals surface area contributed by atoms with Crippen molar-refractivity contribution >= 4 is 23.0 Å². The number of hydrogen-bond donors (Lipinski definition) is 2. The van der Waals surface area contributed by atoms with E-state index in [1.54, 1.807) is 24.3 Å². The summed E-state index contributed by atoms with van der Waals surface area (Å²) in [5, 5.41) is 5.65. The van der Waals surface area contributed by atoms with Crippen molar-refractivity contribution in [1.82, 2.24) is 0 Å². The van der Waals surface area contributed by atoms with Crippen LogP contribution in [0.15, 0.2) is 78.9 Å². The zero-order chi connectivity index (χ0) is 18.6. The molecule has 1 amide bonds. The summed E-state index contributed by atoms with van der Waals surface area (Å²) in [5.41, 5.74) is 0.953. The molecular weight excluding hydrogens is 341 g/mol. The SMILES string of the molecule is O=C(Nc1cccc(C(F)(F)F)c1)c1ccccc1Nc1ccccc1. The van der Waals surface area contributed by atoms with Crippen molar-refractivity contribution in [2.45, 2.75) is 6.18 Å². The minimum Gasteiger partial charge on any atom is -0.355 e. The summed E-state index contributed by atoms with van der Waals surface area (Å²) < 4.78 is 38.4. The van der Waals surface area contributed by atoms with Gasteiger partial charge in [0, 0.05) is 11.4 Å². The highest BCUT2D eigenvalue weighted by molar-refractivity contribution is 6.08. The van der Waals surface area contributed by atoms with Crippen LogP contribution in [0.4, 0.5) is 30.2 Å². The van der Waals surface area contributed by atoms with Crippen molar-refractivity contribution in [2.75, 3.05) is 10.6 Å². The molecule has 0 aliphatic rings. The van der Waals surface area contributed by atoms with E-state index in [0.717, 1.165) is 17.8 Å². The average Bonchev–Trinajstić information content (AvgIpc) is 2.62. The van der Waals surface area contributed by atoms with Gasteiger partial charge in [0.2, 0.25) is 0 Å². The molecule has 0 aliphatic carbocycles. The number of anilines is 3. The van der Waals surface area contributed by atoms with Crippen molar-refractivity contribution < 1.29 is 18.0 Å². The first-order valence-electron chi connectivity index (χ1n) is 7.83. The van der Waals surface area contributed by atoms with Crippen LogP contribution in [0.25, 0.3) is 0 Å². The quantitative estimate of drug-likeness (QED) is 0.629. The van der Waals surface area contributed by atoms with Crippen LogP contribution in [-0.2, 0) is 6.18 Å². The molecule has 0 aliphatic heterocycles. The molecule has 3 aromatic carbocycles. The van der Waals surface area contributed by atoms with Crippen molar-refractivity contribution in [3.8, 4) is 0 Å². The standard InChI is InChI=1S/C20H15F3N2O/c21-20(22,23)14-7-6-10-16(13-14)25-19(26)17-11-4-5-12-18(17)24-15-8-2-1-3-9-15/h1-13,24H,(H,25,26). The molecule has 132 valence electrons. The number of alkyl halides is 3. The van der Waals surface area contributed by atoms with Gasteiger partial charge in [-0.15, -0.1) is 0 Å². The smallest absolute Gasteiger partial charge is 0.355 e. The number of hydrogen-bond acceptors (Lipinski definition) is 2. The number of halogens is 3. The maximum atomic E-state index is 12.8. The first-order chi connectivity index (χ1) is 12.4. The first-order valence-corrected chi connectivity index (χ1v) is 7.83. The first kappa shape index (κ1) is 17.5. The molecule has 0 saturated carbocycles. The van der Waals surface area contributed by atoms with Crippen LogP contribution in [0.2, 0.25) is 0 Å². The third kappa shape index (κ3) is 4.22. The van der Waals surface area contributed by atoms with Crippen LogP contribution < -0.4 is 10.6 Å². The molecule has 0 radical (unpaired) electrons. The Morgan fingerprint density at radius 2 is 1.42 bits per heavy atom. The number of para-hydroxylation sites is 2. The van der Waals surface area contributed by atoms with Crippen molar-refractivity contribution in [1.29, 1.82) is 0 Å². The third-order valence-electron chi connectivity index (χ3n) is 3.67. The van der Waals surface area contributed by atoms with Gasteiger partial charge in [-0.2, -0.15) is 13.2 Å². The molecule has 0 spiro atoms. The number of benzene rings is 3. The minimum absolute atomic E-state index is 0.0827. The van der Waals surface area contributed by atoms with E-state index in [1.807, 2.05) is 30.3 Å². The van der Waals surface area contributed by atoms with Crippen LogP contribution in [0.1, 0.15) is 15.9 Å². The molecule has 3 rings (SSSR count). The summed E-state index contributed by atoms with van der Waals surface area (Å²) in [4.78, 5) is 12.6. The van der Waals surface area contributed by atoms with E-state index in [2.05, 4.69) is 10.6 Å². The van der Waals surface area contributed by atoms with Crippen LogP contribution in [-0.4, -0.2) is 5.91 Å². The summed E-state index contributed by atoms with van der Waals surface area (Å²) in [6.45, 7) is 0. The summed E-state index contributed by atoms with van der Waals surface area (Å²) in [7, 11) is 0. The molecule has 0 bridgehead atoms. The molecular formula is C20H15F3N2O. The lowest BCUT2D eigenvalue weighted by atomic mass is 10.1. The summed E-state index contributed by atoms with van der Waals surface area (Å²) >= 11 is 0. The van der Waals surface area contributed by atoms with E-state index in [-0.39, 0.29) is 5.69 Å². The van der Waals surface area contributed by atoms with Gasteiger partial charge in [-0.05, 0) is 42.5 Å². The zero-order valence-electron chi connectivity index (χ0n) is 13.5. The molecule has 0 atom stereocenters. The van der Waals surface area contributed by atoms with Gasteiger partial charge in [-0.25, -0.2) is 0 Å². The van der Waals surface area contributed by atoms with Crippen LogP contribution >= 0.6 is 0 Å². The van der Waals surface area contributed by atoms with Gasteiger partial charge in [-0.3, -0.25) is 4.79 Å². The molecule has 2 N–H and O–H groups in total. The lowest BCUT2D eigenvalue weighted by Gasteiger charge is -2.13. The second kappa shape index (κ2) is 7.31. The molecule has 0 fully saturated rings. The Kier molecular flexibility index (Phi) is 4.93. The van der Waals surface area contributed by atoms with Gasteiger partial charge in [0.05, 0.1) is 16.8 Å². The topological polar surface area (TPSA) is 41.1 Å². The maximum absolute atomic E-state index is 12.8. The third-order valence-corrected chi connectivity index (χ3v) is 3.67. The number of nitrogens with one attached hydrogen (secondary N) is 2. The van der Waals surface area contributed by atoms with Gasteiger partial charge in [0.15, 0.2) is 0 Å². The molecule has 0 saturated heterocycles. The van der Waals surface area contributed by atoms with Gasteiger partial charge < -0.3 is 10.6 Å². The predicted octanol–water partition coefficient (Wildman–Crippen LogP) is 5.70. The minimum atomic E-state index is -4.46. The summed E-state index contributed by atoms with van der Waals surface area (Å²) in [6, 6.07) is 20.6. The van der Waals surface area contributed by atoms with E-state index < -0.39 is 17.6 Å². The monoisotopic (exact) mass is 356 g/mol. The average molecular weight is 356 g/mol. The lowest BCUT2D eigenvalue weighted by molar-refractivity contribution is -0.137. The van der Waals surface area contributed by atoms with E-state index in [9.17, 15) is 18.0 Å². The molecule has 3 aromatic rings. The maximum Gasteiger partial charge on any atom is 0.416 e. The Hall–Kier alpha value is -3.28. The molecule has 3 nitrogen and oxygen atoms in total. The molecule has 0 heterocycles. The van der Waals surface area contributed by atoms with Crippen molar-refractivity contribution in [3.63, 3.8) is 0 Å². The molecule has 6 heteroatoms. The van der Waals surface area contributed by atoms with Crippen molar-refractivity contribution in [3.05, 3.63) is 90.0 Å². The second-order valence-corrected chi connectivity index (χ2v) is 5.57. The number of carbonyl (C=O) groups excluding carboxylic acids is 1. The summed E-state index contributed by atoms with van der Waals surface area (Å²) in [5.74, 6) is -0.497. The zero-order valence-corrected chi connectivity index (χ0v) is 13.5. The van der Waals surface area contributed by atoms with Crippen LogP contribution in [0.5, 0.6) is 0 Å². The van der Waals surface area contributed by atoms with Crippen LogP contribution in [0.3, 0.4) is 0 Å². The Balaban J connectivity index is 1.83. The Morgan fingerprint density at radius 3 is 2.15 bits per heavy atom. The second-order valence-electron chi connectivity index (χ2n) is 5.57. The predicted molar refractivity (Wildman–Crippen MR) is 95.6 cm³/mol. The molecule has 0 unspecified atom stereocenters. The Bertz CT molecular complexity index is 908. The van der Waals surface area contributed by atoms with Gasteiger partial charge in [-0.1, -0.05) is 36.4 Å². The lowest BCUT2D eigenvalue weighted by Crippen LogP contribution is -2.14. The largest absolute Gasteiger partial charge is 0.416 e. The fourth-order valence-electron chi connectivity index (χ4n) is 2.44. The Morgan fingerprint density at radius 1 is 0.769 bits per heavy atom. The van der Waals surface area contributed by atoms with E-state index >= 15 is 0 Å². The highest BCUT2D eigenvalue weighted by Crippen LogP contribution is 2.31. The number of amides is 1. The highest BCUT2D eigenvalue weighted by Gasteiger charge is 2.30. The molecule has 0 aromatic heterocycles. The normalized spacial score (nSPS) is 11.0. The van der Waals surface area contributed by atoms with Crippen molar-refractivity contribution in [2.24, 2.45) is 0 Å². The molecule has 26 heavy (non-hydrogen) atoms.